The summed E-state index contributed by atoms with van der Waals surface area (Å²) in [7, 11) is 3.57. The van der Waals surface area contributed by atoms with Gasteiger partial charge in [0.25, 0.3) is 0 Å². The molecule has 2 aliphatic rings. The van der Waals surface area contributed by atoms with Gasteiger partial charge in [0.15, 0.2) is 5.96 Å². The molecule has 6 nitrogen and oxygen atoms in total. The van der Waals surface area contributed by atoms with E-state index in [9.17, 15) is 0 Å². The fourth-order valence-electron chi connectivity index (χ4n) is 3.74. The molecule has 1 unspecified atom stereocenters. The van der Waals surface area contributed by atoms with Gasteiger partial charge < -0.3 is 19.7 Å². The molecule has 0 aromatic heterocycles. The van der Waals surface area contributed by atoms with Crippen molar-refractivity contribution in [1.82, 2.24) is 15.1 Å². The summed E-state index contributed by atoms with van der Waals surface area (Å²) in [6.07, 6.45) is 1.20. The van der Waals surface area contributed by atoms with Crippen LogP contribution in [0, 0.1) is 6.92 Å². The number of nitrogens with zero attached hydrogens (tertiary/aromatic N) is 3. The Morgan fingerprint density at radius 3 is 2.73 bits per heavy atom. The molecule has 0 aliphatic carbocycles. The van der Waals surface area contributed by atoms with Gasteiger partial charge in [-0.15, -0.1) is 24.0 Å². The van der Waals surface area contributed by atoms with E-state index in [2.05, 4.69) is 39.2 Å². The first-order chi connectivity index (χ1) is 12.2. The maximum Gasteiger partial charge on any atom is 0.193 e. The summed E-state index contributed by atoms with van der Waals surface area (Å²) in [5, 5.41) is 3.51. The van der Waals surface area contributed by atoms with Gasteiger partial charge >= 0.3 is 0 Å². The quantitative estimate of drug-likeness (QED) is 0.412. The SMILES string of the molecule is CN=C(NCc1ccc(OC)c(C)c1)N1CCC(N2CCOCC2)C1.I. The summed E-state index contributed by atoms with van der Waals surface area (Å²) in [4.78, 5) is 9.42. The van der Waals surface area contributed by atoms with E-state index in [0.29, 0.717) is 6.04 Å². The number of aliphatic imine (C=N–C) groups is 1. The first-order valence-electron chi connectivity index (χ1n) is 9.12. The Labute approximate surface area is 173 Å². The van der Waals surface area contributed by atoms with Crippen LogP contribution in [0.5, 0.6) is 5.75 Å². The zero-order valence-corrected chi connectivity index (χ0v) is 18.4. The summed E-state index contributed by atoms with van der Waals surface area (Å²) in [6, 6.07) is 6.91. The van der Waals surface area contributed by atoms with Crippen molar-refractivity contribution in [2.45, 2.75) is 25.9 Å². The number of guanidine groups is 1. The van der Waals surface area contributed by atoms with Gasteiger partial charge in [0.05, 0.1) is 20.3 Å². The highest BCUT2D eigenvalue weighted by Crippen LogP contribution is 2.19. The Hall–Kier alpha value is -1.06. The van der Waals surface area contributed by atoms with Crippen LogP contribution in [0.3, 0.4) is 0 Å². The Balaban J connectivity index is 0.00000243. The van der Waals surface area contributed by atoms with Gasteiger partial charge in [0.2, 0.25) is 0 Å². The lowest BCUT2D eigenvalue weighted by Crippen LogP contribution is -2.46. The molecule has 0 bridgehead atoms. The Morgan fingerprint density at radius 2 is 2.08 bits per heavy atom. The van der Waals surface area contributed by atoms with Crippen molar-refractivity contribution >= 4 is 29.9 Å². The van der Waals surface area contributed by atoms with Gasteiger partial charge in [-0.2, -0.15) is 0 Å². The van der Waals surface area contributed by atoms with Crippen molar-refractivity contribution in [2.24, 2.45) is 4.99 Å². The number of halogens is 1. The molecule has 146 valence electrons. The molecule has 2 fully saturated rings. The van der Waals surface area contributed by atoms with Gasteiger partial charge in [-0.05, 0) is 30.5 Å². The van der Waals surface area contributed by atoms with Crippen LogP contribution in [0.2, 0.25) is 0 Å². The number of aryl methyl sites for hydroxylation is 1. The van der Waals surface area contributed by atoms with Crippen LogP contribution in [0.1, 0.15) is 17.5 Å². The number of benzene rings is 1. The van der Waals surface area contributed by atoms with E-state index in [0.717, 1.165) is 63.2 Å². The molecule has 1 atom stereocenters. The van der Waals surface area contributed by atoms with Crippen LogP contribution in [0.4, 0.5) is 0 Å². The molecular formula is C19H31IN4O2. The predicted octanol–water partition coefficient (Wildman–Crippen LogP) is 2.10. The average molecular weight is 474 g/mol. The molecule has 2 heterocycles. The second-order valence-corrected chi connectivity index (χ2v) is 6.74. The maximum atomic E-state index is 5.47. The molecule has 0 saturated carbocycles. The monoisotopic (exact) mass is 474 g/mol. The number of ether oxygens (including phenoxy) is 2. The minimum Gasteiger partial charge on any atom is -0.496 e. The highest BCUT2D eigenvalue weighted by molar-refractivity contribution is 14.0. The van der Waals surface area contributed by atoms with E-state index in [1.165, 1.54) is 12.0 Å². The third kappa shape index (κ3) is 5.23. The topological polar surface area (TPSA) is 49.3 Å². The third-order valence-electron chi connectivity index (χ3n) is 5.15. The summed E-state index contributed by atoms with van der Waals surface area (Å²) >= 11 is 0. The molecule has 7 heteroatoms. The van der Waals surface area contributed by atoms with E-state index in [4.69, 9.17) is 9.47 Å². The van der Waals surface area contributed by atoms with Gasteiger partial charge in [-0.1, -0.05) is 12.1 Å². The van der Waals surface area contributed by atoms with Gasteiger partial charge in [0.1, 0.15) is 5.75 Å². The fourth-order valence-corrected chi connectivity index (χ4v) is 3.74. The Kier molecular flexibility index (Phi) is 8.43. The lowest BCUT2D eigenvalue weighted by atomic mass is 10.1. The van der Waals surface area contributed by atoms with Crippen molar-refractivity contribution < 1.29 is 9.47 Å². The van der Waals surface area contributed by atoms with Gasteiger partial charge in [-0.3, -0.25) is 9.89 Å². The minimum atomic E-state index is 0. The van der Waals surface area contributed by atoms with E-state index in [-0.39, 0.29) is 24.0 Å². The highest BCUT2D eigenvalue weighted by Gasteiger charge is 2.30. The van der Waals surface area contributed by atoms with Crippen molar-refractivity contribution in [3.8, 4) is 5.75 Å². The van der Waals surface area contributed by atoms with Crippen molar-refractivity contribution in [3.05, 3.63) is 29.3 Å². The van der Waals surface area contributed by atoms with Crippen LogP contribution in [-0.2, 0) is 11.3 Å². The molecule has 2 saturated heterocycles. The molecule has 1 aromatic carbocycles. The lowest BCUT2D eigenvalue weighted by Gasteiger charge is -2.32. The minimum absolute atomic E-state index is 0. The second-order valence-electron chi connectivity index (χ2n) is 6.74. The molecule has 3 rings (SSSR count). The number of morpholine rings is 1. The number of rotatable bonds is 4. The molecule has 0 spiro atoms. The predicted molar refractivity (Wildman–Crippen MR) is 116 cm³/mol. The normalized spacial score (nSPS) is 21.4. The molecule has 1 N–H and O–H groups in total. The fraction of sp³-hybridized carbons (Fsp3) is 0.632. The van der Waals surface area contributed by atoms with Gasteiger partial charge in [0, 0.05) is 45.8 Å². The van der Waals surface area contributed by atoms with E-state index in [1.54, 1.807) is 7.11 Å². The summed E-state index contributed by atoms with van der Waals surface area (Å²) in [6.45, 7) is 8.78. The lowest BCUT2D eigenvalue weighted by molar-refractivity contribution is 0.0195. The first-order valence-corrected chi connectivity index (χ1v) is 9.12. The summed E-state index contributed by atoms with van der Waals surface area (Å²) in [5.41, 5.74) is 2.40. The Morgan fingerprint density at radius 1 is 1.31 bits per heavy atom. The number of hydrogen-bond acceptors (Lipinski definition) is 4. The molecular weight excluding hydrogens is 443 g/mol. The van der Waals surface area contributed by atoms with Crippen LogP contribution >= 0.6 is 24.0 Å². The van der Waals surface area contributed by atoms with Crippen molar-refractivity contribution in [1.29, 1.82) is 0 Å². The maximum absolute atomic E-state index is 5.47. The number of methoxy groups -OCH3 is 1. The van der Waals surface area contributed by atoms with Gasteiger partial charge in [-0.25, -0.2) is 0 Å². The smallest absolute Gasteiger partial charge is 0.193 e. The molecule has 1 aromatic rings. The zero-order valence-electron chi connectivity index (χ0n) is 16.0. The summed E-state index contributed by atoms with van der Waals surface area (Å²) < 4.78 is 10.8. The third-order valence-corrected chi connectivity index (χ3v) is 5.15. The van der Waals surface area contributed by atoms with E-state index < -0.39 is 0 Å². The molecule has 0 radical (unpaired) electrons. The standard InChI is InChI=1S/C19H30N4O2.HI/c1-15-12-16(4-5-18(15)24-3)13-21-19(20-2)23-7-6-17(14-23)22-8-10-25-11-9-22;/h4-5,12,17H,6-11,13-14H2,1-3H3,(H,20,21);1H. The van der Waals surface area contributed by atoms with Crippen LogP contribution in [0.15, 0.2) is 23.2 Å². The number of hydrogen-bond donors (Lipinski definition) is 1. The molecule has 0 amide bonds. The first kappa shape index (κ1) is 21.2. The number of nitrogens with one attached hydrogen (secondary N) is 1. The number of likely N-dealkylation sites (tertiary alicyclic amines) is 1. The second kappa shape index (κ2) is 10.3. The zero-order chi connectivity index (χ0) is 17.6. The van der Waals surface area contributed by atoms with Crippen molar-refractivity contribution in [3.63, 3.8) is 0 Å². The van der Waals surface area contributed by atoms with Crippen LogP contribution in [-0.4, -0.2) is 75.4 Å². The Bertz CT molecular complexity index is 605. The molecule has 2 aliphatic heterocycles. The largest absolute Gasteiger partial charge is 0.496 e. The average Bonchev–Trinajstić information content (AvgIpc) is 3.13. The van der Waals surface area contributed by atoms with E-state index >= 15 is 0 Å². The molecule has 26 heavy (non-hydrogen) atoms. The van der Waals surface area contributed by atoms with E-state index in [1.807, 2.05) is 13.1 Å². The van der Waals surface area contributed by atoms with Crippen LogP contribution < -0.4 is 10.1 Å². The summed E-state index contributed by atoms with van der Waals surface area (Å²) in [5.74, 6) is 1.92. The van der Waals surface area contributed by atoms with Crippen LogP contribution in [0.25, 0.3) is 0 Å². The highest BCUT2D eigenvalue weighted by atomic mass is 127. The van der Waals surface area contributed by atoms with Crippen molar-refractivity contribution in [2.75, 3.05) is 53.6 Å².